The summed E-state index contributed by atoms with van der Waals surface area (Å²) in [5.74, 6) is 0.570. The molecule has 122 valence electrons. The van der Waals surface area contributed by atoms with Crippen LogP contribution in [0.3, 0.4) is 0 Å². The molecule has 0 aliphatic rings. The van der Waals surface area contributed by atoms with Crippen LogP contribution in [-0.2, 0) is 9.53 Å². The number of urea groups is 1. The Labute approximate surface area is 131 Å². The summed E-state index contributed by atoms with van der Waals surface area (Å²) < 4.78 is 10.1. The second kappa shape index (κ2) is 10.5. The van der Waals surface area contributed by atoms with E-state index in [1.165, 1.54) is 7.11 Å². The summed E-state index contributed by atoms with van der Waals surface area (Å²) in [7, 11) is 3.09. The number of amides is 2. The van der Waals surface area contributed by atoms with E-state index in [0.717, 1.165) is 12.2 Å². The Kier molecular flexibility index (Phi) is 8.49. The number of hydrogen-bond donors (Lipinski definition) is 1. The van der Waals surface area contributed by atoms with E-state index in [9.17, 15) is 9.59 Å². The molecule has 0 aliphatic carbocycles. The smallest absolute Gasteiger partial charge is 0.317 e. The van der Waals surface area contributed by atoms with E-state index in [2.05, 4.69) is 10.1 Å². The van der Waals surface area contributed by atoms with Crippen molar-refractivity contribution in [3.05, 3.63) is 30.3 Å². The van der Waals surface area contributed by atoms with Gasteiger partial charge in [0.05, 0.1) is 13.7 Å². The molecule has 22 heavy (non-hydrogen) atoms. The molecule has 0 spiro atoms. The van der Waals surface area contributed by atoms with E-state index in [1.807, 2.05) is 30.3 Å². The number of likely N-dealkylation sites (N-methyl/N-ethyl adjacent to an activating group) is 1. The molecule has 6 heteroatoms. The maximum atomic E-state index is 11.8. The summed E-state index contributed by atoms with van der Waals surface area (Å²) >= 11 is 0. The number of benzene rings is 1. The molecule has 0 fully saturated rings. The normalized spacial score (nSPS) is 9.91. The number of carbonyl (C=O) groups is 2. The van der Waals surface area contributed by atoms with E-state index in [4.69, 9.17) is 4.74 Å². The largest absolute Gasteiger partial charge is 0.492 e. The highest BCUT2D eigenvalue weighted by Gasteiger charge is 2.07. The van der Waals surface area contributed by atoms with Gasteiger partial charge in [0.1, 0.15) is 12.4 Å². The molecule has 1 N–H and O–H groups in total. The third kappa shape index (κ3) is 7.52. The number of nitrogens with zero attached hydrogens (tertiary/aromatic N) is 1. The predicted molar refractivity (Wildman–Crippen MR) is 83.8 cm³/mol. The molecule has 1 rings (SSSR count). The lowest BCUT2D eigenvalue weighted by Gasteiger charge is -2.18. The second-order valence-corrected chi connectivity index (χ2v) is 4.85. The summed E-state index contributed by atoms with van der Waals surface area (Å²) in [6.45, 7) is 1.48. The van der Waals surface area contributed by atoms with Gasteiger partial charge in [-0.15, -0.1) is 0 Å². The third-order valence-electron chi connectivity index (χ3n) is 3.10. The zero-order valence-corrected chi connectivity index (χ0v) is 13.2. The molecule has 0 aliphatic heterocycles. The van der Waals surface area contributed by atoms with Crippen molar-refractivity contribution in [2.75, 3.05) is 33.9 Å². The van der Waals surface area contributed by atoms with Crippen molar-refractivity contribution in [2.24, 2.45) is 0 Å². The van der Waals surface area contributed by atoms with Crippen LogP contribution in [0, 0.1) is 0 Å². The molecular weight excluding hydrogens is 284 g/mol. The SMILES string of the molecule is COC(=O)CCCCNC(=O)N(C)CCOc1ccccc1. The molecule has 1 aromatic rings. The van der Waals surface area contributed by atoms with Crippen LogP contribution < -0.4 is 10.1 Å². The molecule has 0 heterocycles. The van der Waals surface area contributed by atoms with Gasteiger partial charge in [-0.1, -0.05) is 18.2 Å². The van der Waals surface area contributed by atoms with Crippen LogP contribution in [-0.4, -0.2) is 50.8 Å². The van der Waals surface area contributed by atoms with Crippen molar-refractivity contribution in [1.29, 1.82) is 0 Å². The van der Waals surface area contributed by atoms with Gasteiger partial charge in [-0.3, -0.25) is 4.79 Å². The van der Waals surface area contributed by atoms with Gasteiger partial charge in [-0.25, -0.2) is 4.79 Å². The average Bonchev–Trinajstić information content (AvgIpc) is 2.54. The Morgan fingerprint density at radius 2 is 1.91 bits per heavy atom. The first-order chi connectivity index (χ1) is 10.6. The molecule has 0 saturated heterocycles. The summed E-state index contributed by atoms with van der Waals surface area (Å²) in [5.41, 5.74) is 0. The van der Waals surface area contributed by atoms with E-state index in [0.29, 0.717) is 32.5 Å². The first kappa shape index (κ1) is 17.8. The standard InChI is InChI=1S/C16H24N2O4/c1-18(12-13-22-14-8-4-3-5-9-14)16(20)17-11-7-6-10-15(19)21-2/h3-5,8-9H,6-7,10-13H2,1-2H3,(H,17,20). The number of ether oxygens (including phenoxy) is 2. The van der Waals surface area contributed by atoms with E-state index in [1.54, 1.807) is 11.9 Å². The highest BCUT2D eigenvalue weighted by molar-refractivity contribution is 5.73. The number of methoxy groups -OCH3 is 1. The highest BCUT2D eigenvalue weighted by atomic mass is 16.5. The van der Waals surface area contributed by atoms with Crippen molar-refractivity contribution in [1.82, 2.24) is 10.2 Å². The number of para-hydroxylation sites is 1. The molecule has 6 nitrogen and oxygen atoms in total. The maximum Gasteiger partial charge on any atom is 0.317 e. The maximum absolute atomic E-state index is 11.8. The van der Waals surface area contributed by atoms with Crippen molar-refractivity contribution in [3.8, 4) is 5.75 Å². The zero-order chi connectivity index (χ0) is 16.2. The topological polar surface area (TPSA) is 67.9 Å². The Morgan fingerprint density at radius 3 is 2.59 bits per heavy atom. The van der Waals surface area contributed by atoms with Crippen LogP contribution in [0.4, 0.5) is 4.79 Å². The zero-order valence-electron chi connectivity index (χ0n) is 13.2. The van der Waals surface area contributed by atoms with Gasteiger partial charge in [0.15, 0.2) is 0 Å². The van der Waals surface area contributed by atoms with Gasteiger partial charge in [0.2, 0.25) is 0 Å². The fourth-order valence-electron chi connectivity index (χ4n) is 1.75. The van der Waals surface area contributed by atoms with Gasteiger partial charge in [0.25, 0.3) is 0 Å². The lowest BCUT2D eigenvalue weighted by molar-refractivity contribution is -0.140. The Balaban J connectivity index is 2.08. The predicted octanol–water partition coefficient (Wildman–Crippen LogP) is 2.05. The molecular formula is C16H24N2O4. The minimum Gasteiger partial charge on any atom is -0.492 e. The Bertz CT molecular complexity index is 451. The summed E-state index contributed by atoms with van der Waals surface area (Å²) in [4.78, 5) is 24.3. The van der Waals surface area contributed by atoms with Gasteiger partial charge in [-0.2, -0.15) is 0 Å². The fourth-order valence-corrected chi connectivity index (χ4v) is 1.75. The van der Waals surface area contributed by atoms with Crippen molar-refractivity contribution >= 4 is 12.0 Å². The van der Waals surface area contributed by atoms with Crippen molar-refractivity contribution in [3.63, 3.8) is 0 Å². The van der Waals surface area contributed by atoms with Gasteiger partial charge in [0, 0.05) is 20.0 Å². The summed E-state index contributed by atoms with van der Waals surface area (Å²) in [6, 6.07) is 9.34. The first-order valence-electron chi connectivity index (χ1n) is 7.37. The Morgan fingerprint density at radius 1 is 1.18 bits per heavy atom. The molecule has 0 bridgehead atoms. The van der Waals surface area contributed by atoms with Crippen LogP contribution in [0.1, 0.15) is 19.3 Å². The second-order valence-electron chi connectivity index (χ2n) is 4.85. The molecule has 1 aromatic carbocycles. The molecule has 0 unspecified atom stereocenters. The molecule has 2 amide bonds. The van der Waals surface area contributed by atoms with Crippen LogP contribution >= 0.6 is 0 Å². The van der Waals surface area contributed by atoms with E-state index in [-0.39, 0.29) is 12.0 Å². The quantitative estimate of drug-likeness (QED) is 0.560. The summed E-state index contributed by atoms with van der Waals surface area (Å²) in [5, 5.41) is 2.80. The molecule has 0 radical (unpaired) electrons. The number of esters is 1. The highest BCUT2D eigenvalue weighted by Crippen LogP contribution is 2.07. The molecule has 0 aromatic heterocycles. The van der Waals surface area contributed by atoms with Crippen LogP contribution in [0.2, 0.25) is 0 Å². The van der Waals surface area contributed by atoms with Crippen LogP contribution in [0.25, 0.3) is 0 Å². The van der Waals surface area contributed by atoms with Crippen LogP contribution in [0.5, 0.6) is 5.75 Å². The molecule has 0 saturated carbocycles. The third-order valence-corrected chi connectivity index (χ3v) is 3.10. The minimum absolute atomic E-state index is 0.144. The monoisotopic (exact) mass is 308 g/mol. The Hall–Kier alpha value is -2.24. The number of rotatable bonds is 9. The summed E-state index contributed by atoms with van der Waals surface area (Å²) in [6.07, 6.45) is 1.83. The lowest BCUT2D eigenvalue weighted by atomic mass is 10.2. The average molecular weight is 308 g/mol. The number of nitrogens with one attached hydrogen (secondary N) is 1. The van der Waals surface area contributed by atoms with Crippen molar-refractivity contribution in [2.45, 2.75) is 19.3 Å². The van der Waals surface area contributed by atoms with Gasteiger partial charge in [-0.05, 0) is 25.0 Å². The van der Waals surface area contributed by atoms with Crippen LogP contribution in [0.15, 0.2) is 30.3 Å². The minimum atomic E-state index is -0.221. The van der Waals surface area contributed by atoms with Gasteiger partial charge < -0.3 is 19.7 Å². The lowest BCUT2D eigenvalue weighted by Crippen LogP contribution is -2.39. The first-order valence-corrected chi connectivity index (χ1v) is 7.37. The van der Waals surface area contributed by atoms with E-state index >= 15 is 0 Å². The number of carbonyl (C=O) groups excluding carboxylic acids is 2. The van der Waals surface area contributed by atoms with E-state index < -0.39 is 0 Å². The van der Waals surface area contributed by atoms with Gasteiger partial charge >= 0.3 is 12.0 Å². The number of hydrogen-bond acceptors (Lipinski definition) is 4. The fraction of sp³-hybridized carbons (Fsp3) is 0.500. The molecule has 0 atom stereocenters. The van der Waals surface area contributed by atoms with Crippen molar-refractivity contribution < 1.29 is 19.1 Å². The number of unbranched alkanes of at least 4 members (excludes halogenated alkanes) is 1.